The van der Waals surface area contributed by atoms with Crippen LogP contribution in [0.3, 0.4) is 0 Å². The summed E-state index contributed by atoms with van der Waals surface area (Å²) in [7, 11) is 0. The summed E-state index contributed by atoms with van der Waals surface area (Å²) in [6.45, 7) is 2.43. The van der Waals surface area contributed by atoms with Gasteiger partial charge in [0.15, 0.2) is 0 Å². The molecule has 88 valence electrons. The van der Waals surface area contributed by atoms with Gasteiger partial charge in [-0.25, -0.2) is 0 Å². The lowest BCUT2D eigenvalue weighted by Gasteiger charge is -2.08. The van der Waals surface area contributed by atoms with Gasteiger partial charge in [-0.2, -0.15) is 0 Å². The average Bonchev–Trinajstić information content (AvgIpc) is 2.29. The third-order valence-corrected chi connectivity index (χ3v) is 2.56. The van der Waals surface area contributed by atoms with Gasteiger partial charge >= 0.3 is 5.97 Å². The van der Waals surface area contributed by atoms with Crippen molar-refractivity contribution in [3.05, 3.63) is 35.9 Å². The maximum absolute atomic E-state index is 10.5. The van der Waals surface area contributed by atoms with Gasteiger partial charge in [-0.15, -0.1) is 0 Å². The summed E-state index contributed by atoms with van der Waals surface area (Å²) < 4.78 is 0. The SMILES string of the molecule is CC(NCCCCc1ccccc1)C(=O)O. The maximum Gasteiger partial charge on any atom is 0.320 e. The predicted octanol–water partition coefficient (Wildman–Crippen LogP) is 2.07. The minimum Gasteiger partial charge on any atom is -0.480 e. The van der Waals surface area contributed by atoms with Gasteiger partial charge in [-0.3, -0.25) is 4.79 Å². The van der Waals surface area contributed by atoms with E-state index in [4.69, 9.17) is 5.11 Å². The minimum atomic E-state index is -0.789. The first-order chi connectivity index (χ1) is 7.70. The third kappa shape index (κ3) is 4.94. The molecule has 0 fully saturated rings. The number of carboxylic acids is 1. The summed E-state index contributed by atoms with van der Waals surface area (Å²) in [6.07, 6.45) is 3.15. The second-order valence-corrected chi connectivity index (χ2v) is 3.96. The molecule has 0 aromatic heterocycles. The molecule has 0 radical (unpaired) electrons. The molecule has 3 nitrogen and oxygen atoms in total. The van der Waals surface area contributed by atoms with Crippen LogP contribution in [0.4, 0.5) is 0 Å². The smallest absolute Gasteiger partial charge is 0.320 e. The Kier molecular flexibility index (Phi) is 5.57. The zero-order valence-electron chi connectivity index (χ0n) is 9.65. The normalized spacial score (nSPS) is 12.3. The van der Waals surface area contributed by atoms with E-state index in [1.54, 1.807) is 6.92 Å². The first kappa shape index (κ1) is 12.7. The van der Waals surface area contributed by atoms with E-state index in [2.05, 4.69) is 17.4 Å². The summed E-state index contributed by atoms with van der Waals surface area (Å²) in [4.78, 5) is 10.5. The molecule has 3 heteroatoms. The summed E-state index contributed by atoms with van der Waals surface area (Å²) >= 11 is 0. The molecule has 1 aromatic carbocycles. The van der Waals surface area contributed by atoms with Crippen LogP contribution >= 0.6 is 0 Å². The molecule has 16 heavy (non-hydrogen) atoms. The Morgan fingerprint density at radius 2 is 2.00 bits per heavy atom. The second kappa shape index (κ2) is 7.01. The van der Waals surface area contributed by atoms with Crippen LogP contribution in [0.1, 0.15) is 25.3 Å². The standard InChI is InChI=1S/C13H19NO2/c1-11(13(15)16)14-10-6-5-9-12-7-3-2-4-8-12/h2-4,7-8,11,14H,5-6,9-10H2,1H3,(H,15,16). The number of nitrogens with one attached hydrogen (secondary N) is 1. The van der Waals surface area contributed by atoms with Crippen LogP contribution in [-0.4, -0.2) is 23.7 Å². The van der Waals surface area contributed by atoms with Crippen LogP contribution < -0.4 is 5.32 Å². The predicted molar refractivity (Wildman–Crippen MR) is 64.5 cm³/mol. The summed E-state index contributed by atoms with van der Waals surface area (Å²) in [5, 5.41) is 11.6. The van der Waals surface area contributed by atoms with Crippen molar-refractivity contribution >= 4 is 5.97 Å². The lowest BCUT2D eigenvalue weighted by molar-refractivity contribution is -0.138. The molecule has 0 aliphatic heterocycles. The van der Waals surface area contributed by atoms with Gasteiger partial charge in [0.1, 0.15) is 6.04 Å². The Labute approximate surface area is 96.5 Å². The van der Waals surface area contributed by atoms with Crippen LogP contribution in [0.2, 0.25) is 0 Å². The number of carboxylic acid groups (broad SMARTS) is 1. The Morgan fingerprint density at radius 1 is 1.31 bits per heavy atom. The number of carbonyl (C=O) groups is 1. The highest BCUT2D eigenvalue weighted by Crippen LogP contribution is 2.03. The fourth-order valence-electron chi connectivity index (χ4n) is 1.50. The molecule has 1 aromatic rings. The molecule has 1 atom stereocenters. The third-order valence-electron chi connectivity index (χ3n) is 2.56. The zero-order valence-corrected chi connectivity index (χ0v) is 9.65. The molecule has 1 unspecified atom stereocenters. The Balaban J connectivity index is 2.07. The van der Waals surface area contributed by atoms with Crippen molar-refractivity contribution in [2.75, 3.05) is 6.54 Å². The topological polar surface area (TPSA) is 49.3 Å². The highest BCUT2D eigenvalue weighted by Gasteiger charge is 2.07. The lowest BCUT2D eigenvalue weighted by atomic mass is 10.1. The van der Waals surface area contributed by atoms with Gasteiger partial charge in [-0.1, -0.05) is 30.3 Å². The Hall–Kier alpha value is -1.35. The van der Waals surface area contributed by atoms with Crippen LogP contribution in [-0.2, 0) is 11.2 Å². The number of rotatable bonds is 7. The van der Waals surface area contributed by atoms with Crippen molar-refractivity contribution in [2.45, 2.75) is 32.2 Å². The van der Waals surface area contributed by atoms with E-state index in [0.29, 0.717) is 0 Å². The first-order valence-corrected chi connectivity index (χ1v) is 5.70. The van der Waals surface area contributed by atoms with Gasteiger partial charge in [0.05, 0.1) is 0 Å². The number of aryl methyl sites for hydroxylation is 1. The van der Waals surface area contributed by atoms with Crippen molar-refractivity contribution in [3.63, 3.8) is 0 Å². The Bertz CT molecular complexity index is 311. The van der Waals surface area contributed by atoms with E-state index >= 15 is 0 Å². The molecule has 2 N–H and O–H groups in total. The molecule has 0 aliphatic carbocycles. The lowest BCUT2D eigenvalue weighted by Crippen LogP contribution is -2.34. The van der Waals surface area contributed by atoms with E-state index in [1.807, 2.05) is 18.2 Å². The highest BCUT2D eigenvalue weighted by molar-refractivity contribution is 5.72. The summed E-state index contributed by atoms with van der Waals surface area (Å²) in [5.74, 6) is -0.789. The molecule has 0 saturated heterocycles. The van der Waals surface area contributed by atoms with Crippen molar-refractivity contribution in [3.8, 4) is 0 Å². The molecular weight excluding hydrogens is 202 g/mol. The summed E-state index contributed by atoms with van der Waals surface area (Å²) in [6, 6.07) is 9.89. The number of benzene rings is 1. The molecule has 0 aliphatic rings. The van der Waals surface area contributed by atoms with Gasteiger partial charge in [-0.05, 0) is 38.3 Å². The van der Waals surface area contributed by atoms with Gasteiger partial charge < -0.3 is 10.4 Å². The second-order valence-electron chi connectivity index (χ2n) is 3.96. The molecule has 0 heterocycles. The van der Waals surface area contributed by atoms with E-state index < -0.39 is 12.0 Å². The Morgan fingerprint density at radius 3 is 2.62 bits per heavy atom. The van der Waals surface area contributed by atoms with Crippen LogP contribution in [0.25, 0.3) is 0 Å². The van der Waals surface area contributed by atoms with Gasteiger partial charge in [0, 0.05) is 0 Å². The quantitative estimate of drug-likeness (QED) is 0.693. The van der Waals surface area contributed by atoms with Gasteiger partial charge in [0.2, 0.25) is 0 Å². The molecule has 0 spiro atoms. The van der Waals surface area contributed by atoms with Crippen LogP contribution in [0, 0.1) is 0 Å². The van der Waals surface area contributed by atoms with E-state index in [0.717, 1.165) is 25.8 Å². The minimum absolute atomic E-state index is 0.447. The molecule has 0 saturated carbocycles. The fourth-order valence-corrected chi connectivity index (χ4v) is 1.50. The number of hydrogen-bond acceptors (Lipinski definition) is 2. The number of unbranched alkanes of at least 4 members (excludes halogenated alkanes) is 1. The molecule has 0 amide bonds. The van der Waals surface area contributed by atoms with E-state index in [1.165, 1.54) is 5.56 Å². The largest absolute Gasteiger partial charge is 0.480 e. The van der Waals surface area contributed by atoms with E-state index in [9.17, 15) is 4.79 Å². The number of hydrogen-bond donors (Lipinski definition) is 2. The van der Waals surface area contributed by atoms with Crippen molar-refractivity contribution in [1.29, 1.82) is 0 Å². The van der Waals surface area contributed by atoms with E-state index in [-0.39, 0.29) is 0 Å². The maximum atomic E-state index is 10.5. The summed E-state index contributed by atoms with van der Waals surface area (Å²) in [5.41, 5.74) is 1.34. The fraction of sp³-hybridized carbons (Fsp3) is 0.462. The molecule has 0 bridgehead atoms. The first-order valence-electron chi connectivity index (χ1n) is 5.70. The zero-order chi connectivity index (χ0) is 11.8. The van der Waals surface area contributed by atoms with Crippen LogP contribution in [0.5, 0.6) is 0 Å². The van der Waals surface area contributed by atoms with Crippen molar-refractivity contribution < 1.29 is 9.90 Å². The molecular formula is C13H19NO2. The average molecular weight is 221 g/mol. The van der Waals surface area contributed by atoms with Crippen LogP contribution in [0.15, 0.2) is 30.3 Å². The van der Waals surface area contributed by atoms with Crippen molar-refractivity contribution in [2.24, 2.45) is 0 Å². The number of aliphatic carboxylic acids is 1. The molecule has 1 rings (SSSR count). The monoisotopic (exact) mass is 221 g/mol. The van der Waals surface area contributed by atoms with Crippen molar-refractivity contribution in [1.82, 2.24) is 5.32 Å². The highest BCUT2D eigenvalue weighted by atomic mass is 16.4. The van der Waals surface area contributed by atoms with Gasteiger partial charge in [0.25, 0.3) is 0 Å².